The van der Waals surface area contributed by atoms with E-state index in [0.717, 1.165) is 24.3 Å². The lowest BCUT2D eigenvalue weighted by Crippen LogP contribution is -2.30. The molecule has 1 fully saturated rings. The summed E-state index contributed by atoms with van der Waals surface area (Å²) in [5.74, 6) is -3.70. The molecule has 0 N–H and O–H groups in total. The zero-order valence-corrected chi connectivity index (χ0v) is 14.1. The first kappa shape index (κ1) is 18.8. The SMILES string of the molecule is CCOCC1COC(c2cc(F)c(-c3ccc(F)c(F)c3)cc2F)OC1. The van der Waals surface area contributed by atoms with E-state index in [9.17, 15) is 17.6 Å². The van der Waals surface area contributed by atoms with Gasteiger partial charge in [-0.25, -0.2) is 17.6 Å². The highest BCUT2D eigenvalue weighted by Crippen LogP contribution is 2.32. The fraction of sp³-hybridized carbons (Fsp3) is 0.368. The summed E-state index contributed by atoms with van der Waals surface area (Å²) in [6.45, 7) is 3.52. The van der Waals surface area contributed by atoms with Crippen LogP contribution in [0, 0.1) is 29.2 Å². The average Bonchev–Trinajstić information content (AvgIpc) is 2.64. The maximum Gasteiger partial charge on any atom is 0.186 e. The van der Waals surface area contributed by atoms with Gasteiger partial charge in [-0.2, -0.15) is 0 Å². The molecule has 0 amide bonds. The minimum absolute atomic E-state index is 0.0283. The molecule has 7 heteroatoms. The van der Waals surface area contributed by atoms with E-state index in [2.05, 4.69) is 0 Å². The molecule has 0 aromatic heterocycles. The summed E-state index contributed by atoms with van der Waals surface area (Å²) in [5, 5.41) is 0. The predicted molar refractivity (Wildman–Crippen MR) is 86.3 cm³/mol. The van der Waals surface area contributed by atoms with Crippen molar-refractivity contribution in [2.24, 2.45) is 5.92 Å². The number of halogens is 4. The van der Waals surface area contributed by atoms with Gasteiger partial charge in [0.15, 0.2) is 17.9 Å². The molecule has 3 nitrogen and oxygen atoms in total. The van der Waals surface area contributed by atoms with E-state index in [1.807, 2.05) is 6.92 Å². The number of benzene rings is 2. The summed E-state index contributed by atoms with van der Waals surface area (Å²) in [6, 6.07) is 4.75. The maximum atomic E-state index is 14.5. The molecule has 26 heavy (non-hydrogen) atoms. The molecule has 0 radical (unpaired) electrons. The Bertz CT molecular complexity index is 774. The standard InChI is InChI=1S/C19H18F4O3/c1-2-24-8-11-9-25-19(26-10-11)14-7-16(21)13(6-17(14)22)12-3-4-15(20)18(23)5-12/h3-7,11,19H,2,8-10H2,1H3. The number of ether oxygens (including phenoxy) is 3. The van der Waals surface area contributed by atoms with Gasteiger partial charge in [0.05, 0.1) is 19.8 Å². The van der Waals surface area contributed by atoms with Crippen molar-refractivity contribution in [3.8, 4) is 11.1 Å². The Balaban J connectivity index is 1.79. The Kier molecular flexibility index (Phi) is 5.90. The summed E-state index contributed by atoms with van der Waals surface area (Å²) >= 11 is 0. The summed E-state index contributed by atoms with van der Waals surface area (Å²) in [5.41, 5.74) is -0.215. The fourth-order valence-corrected chi connectivity index (χ4v) is 2.73. The molecule has 1 aliphatic rings. The Morgan fingerprint density at radius 3 is 2.31 bits per heavy atom. The zero-order valence-electron chi connectivity index (χ0n) is 14.1. The van der Waals surface area contributed by atoms with Gasteiger partial charge in [-0.05, 0) is 36.8 Å². The van der Waals surface area contributed by atoms with E-state index in [-0.39, 0.29) is 22.6 Å². The summed E-state index contributed by atoms with van der Waals surface area (Å²) in [7, 11) is 0. The van der Waals surface area contributed by atoms with Crippen molar-refractivity contribution in [3.63, 3.8) is 0 Å². The molecule has 1 heterocycles. The van der Waals surface area contributed by atoms with Crippen LogP contribution in [-0.2, 0) is 14.2 Å². The van der Waals surface area contributed by atoms with Crippen molar-refractivity contribution >= 4 is 0 Å². The van der Waals surface area contributed by atoms with Crippen LogP contribution in [0.4, 0.5) is 17.6 Å². The largest absolute Gasteiger partial charge is 0.381 e. The van der Waals surface area contributed by atoms with E-state index in [1.54, 1.807) is 0 Å². The van der Waals surface area contributed by atoms with Crippen molar-refractivity contribution in [3.05, 3.63) is 59.2 Å². The average molecular weight is 370 g/mol. The molecule has 0 unspecified atom stereocenters. The number of hydrogen-bond donors (Lipinski definition) is 0. The zero-order chi connectivity index (χ0) is 18.7. The first-order valence-corrected chi connectivity index (χ1v) is 8.25. The topological polar surface area (TPSA) is 27.7 Å². The van der Waals surface area contributed by atoms with Gasteiger partial charge in [0.25, 0.3) is 0 Å². The van der Waals surface area contributed by atoms with Crippen LogP contribution in [0.25, 0.3) is 11.1 Å². The van der Waals surface area contributed by atoms with Gasteiger partial charge >= 0.3 is 0 Å². The summed E-state index contributed by atoms with van der Waals surface area (Å²) in [6.07, 6.45) is -1.03. The molecule has 1 saturated heterocycles. The molecule has 140 valence electrons. The first-order valence-electron chi connectivity index (χ1n) is 8.25. The third-order valence-electron chi connectivity index (χ3n) is 4.10. The van der Waals surface area contributed by atoms with Crippen LogP contribution in [0.15, 0.2) is 30.3 Å². The van der Waals surface area contributed by atoms with Crippen LogP contribution < -0.4 is 0 Å². The van der Waals surface area contributed by atoms with E-state index in [4.69, 9.17) is 14.2 Å². The van der Waals surface area contributed by atoms with Gasteiger partial charge in [-0.1, -0.05) is 6.07 Å². The molecule has 0 saturated carbocycles. The summed E-state index contributed by atoms with van der Waals surface area (Å²) in [4.78, 5) is 0. The first-order chi connectivity index (χ1) is 12.5. The van der Waals surface area contributed by atoms with E-state index in [0.29, 0.717) is 26.4 Å². The third kappa shape index (κ3) is 4.06. The highest BCUT2D eigenvalue weighted by atomic mass is 19.2. The molecule has 0 aliphatic carbocycles. The normalized spacial score (nSPS) is 20.3. The molecule has 2 aromatic carbocycles. The third-order valence-corrected chi connectivity index (χ3v) is 4.10. The Hall–Kier alpha value is -1.96. The Labute approximate surface area is 148 Å². The van der Waals surface area contributed by atoms with Crippen LogP contribution in [0.3, 0.4) is 0 Å². The van der Waals surface area contributed by atoms with Gasteiger partial charge in [0.1, 0.15) is 11.6 Å². The van der Waals surface area contributed by atoms with Gasteiger partial charge in [0, 0.05) is 23.7 Å². The van der Waals surface area contributed by atoms with Crippen molar-refractivity contribution < 1.29 is 31.8 Å². The molecule has 0 bridgehead atoms. The second-order valence-electron chi connectivity index (χ2n) is 6.01. The minimum Gasteiger partial charge on any atom is -0.381 e. The Morgan fingerprint density at radius 1 is 0.923 bits per heavy atom. The second kappa shape index (κ2) is 8.16. The van der Waals surface area contributed by atoms with E-state index < -0.39 is 29.6 Å². The van der Waals surface area contributed by atoms with Crippen LogP contribution in [0.2, 0.25) is 0 Å². The predicted octanol–water partition coefficient (Wildman–Crippen LogP) is 4.61. The highest BCUT2D eigenvalue weighted by Gasteiger charge is 2.27. The second-order valence-corrected chi connectivity index (χ2v) is 6.01. The maximum absolute atomic E-state index is 14.5. The van der Waals surface area contributed by atoms with Crippen molar-refractivity contribution in [2.45, 2.75) is 13.2 Å². The van der Waals surface area contributed by atoms with Crippen molar-refractivity contribution in [1.29, 1.82) is 0 Å². The smallest absolute Gasteiger partial charge is 0.186 e. The number of rotatable bonds is 5. The highest BCUT2D eigenvalue weighted by molar-refractivity contribution is 5.64. The van der Waals surface area contributed by atoms with Crippen molar-refractivity contribution in [2.75, 3.05) is 26.4 Å². The molecule has 0 atom stereocenters. The van der Waals surface area contributed by atoms with Crippen LogP contribution in [0.1, 0.15) is 18.8 Å². The van der Waals surface area contributed by atoms with Crippen LogP contribution in [0.5, 0.6) is 0 Å². The van der Waals surface area contributed by atoms with Crippen molar-refractivity contribution in [1.82, 2.24) is 0 Å². The lowest BCUT2D eigenvalue weighted by Gasteiger charge is -2.29. The van der Waals surface area contributed by atoms with Gasteiger partial charge in [-0.3, -0.25) is 0 Å². The van der Waals surface area contributed by atoms with E-state index in [1.165, 1.54) is 6.07 Å². The number of hydrogen-bond acceptors (Lipinski definition) is 3. The van der Waals surface area contributed by atoms with E-state index >= 15 is 0 Å². The monoisotopic (exact) mass is 370 g/mol. The molecule has 2 aromatic rings. The minimum atomic E-state index is -1.13. The van der Waals surface area contributed by atoms with Gasteiger partial charge in [-0.15, -0.1) is 0 Å². The fourth-order valence-electron chi connectivity index (χ4n) is 2.73. The van der Waals surface area contributed by atoms with Gasteiger partial charge < -0.3 is 14.2 Å². The lowest BCUT2D eigenvalue weighted by molar-refractivity contribution is -0.213. The molecular weight excluding hydrogens is 352 g/mol. The quantitative estimate of drug-likeness (QED) is 0.720. The van der Waals surface area contributed by atoms with Gasteiger partial charge in [0.2, 0.25) is 0 Å². The molecular formula is C19H18F4O3. The molecule has 1 aliphatic heterocycles. The summed E-state index contributed by atoms with van der Waals surface area (Å²) < 4.78 is 71.5. The van der Waals surface area contributed by atoms with Crippen LogP contribution >= 0.6 is 0 Å². The Morgan fingerprint density at radius 2 is 1.65 bits per heavy atom. The molecule has 3 rings (SSSR count). The molecule has 0 spiro atoms. The lowest BCUT2D eigenvalue weighted by atomic mass is 10.0. The van der Waals surface area contributed by atoms with Crippen LogP contribution in [-0.4, -0.2) is 26.4 Å².